The van der Waals surface area contributed by atoms with Gasteiger partial charge in [0.25, 0.3) is 0 Å². The Hall–Kier alpha value is -2.53. The first-order valence-corrected chi connectivity index (χ1v) is 5.56. The maximum Gasteiger partial charge on any atom is 0.337 e. The van der Waals surface area contributed by atoms with Crippen molar-refractivity contribution < 1.29 is 17.6 Å². The summed E-state index contributed by atoms with van der Waals surface area (Å²) in [6.07, 6.45) is 0. The fourth-order valence-electron chi connectivity index (χ4n) is 1.25. The second-order valence-corrected chi connectivity index (χ2v) is 3.59. The summed E-state index contributed by atoms with van der Waals surface area (Å²) in [7, 11) is 1.35. The minimum Gasteiger partial charge on any atom is -0.465 e. The van der Waals surface area contributed by atoms with E-state index >= 15 is 0 Å². The van der Waals surface area contributed by atoms with Crippen LogP contribution in [0.1, 0.15) is 13.2 Å². The van der Waals surface area contributed by atoms with E-state index < -0.39 is 0 Å². The van der Waals surface area contributed by atoms with Crippen LogP contribution in [-0.4, -0.2) is 18.3 Å². The third-order valence-corrected chi connectivity index (χ3v) is 2.23. The van der Waals surface area contributed by atoms with Crippen LogP contribution >= 0.6 is 0 Å². The average Bonchev–Trinajstić information content (AvgIpc) is 2.48. The van der Waals surface area contributed by atoms with E-state index in [1.165, 1.54) is 7.11 Å². The second kappa shape index (κ2) is 7.73. The number of nitrogen functional groups attached to an aromatic ring is 1. The smallest absolute Gasteiger partial charge is 0.337 e. The van der Waals surface area contributed by atoms with Crippen LogP contribution < -0.4 is 11.2 Å². The molecular formula is C14H20N2O3. The van der Waals surface area contributed by atoms with E-state index in [-0.39, 0.29) is 8.82 Å². The van der Waals surface area contributed by atoms with E-state index in [4.69, 9.17) is 10.9 Å². The molecule has 0 spiro atoms. The van der Waals surface area contributed by atoms with Crippen LogP contribution in [0.3, 0.4) is 0 Å². The first-order valence-electron chi connectivity index (χ1n) is 5.56. The van der Waals surface area contributed by atoms with Gasteiger partial charge in [-0.05, 0) is 36.4 Å². The Labute approximate surface area is 114 Å². The van der Waals surface area contributed by atoms with E-state index in [9.17, 15) is 4.79 Å². The molecule has 0 aliphatic heterocycles. The Bertz CT molecular complexity index is 507. The summed E-state index contributed by atoms with van der Waals surface area (Å²) >= 11 is 0. The van der Waals surface area contributed by atoms with Crippen LogP contribution in [-0.2, 0) is 4.74 Å². The van der Waals surface area contributed by atoms with Crippen LogP contribution in [0.15, 0.2) is 54.6 Å². The zero-order valence-corrected chi connectivity index (χ0v) is 10.5. The molecule has 0 atom stereocenters. The van der Waals surface area contributed by atoms with Gasteiger partial charge in [0.05, 0.1) is 18.4 Å². The Morgan fingerprint density at radius 3 is 2.16 bits per heavy atom. The number of para-hydroxylation sites is 1. The van der Waals surface area contributed by atoms with Gasteiger partial charge in [-0.3, -0.25) is 10.7 Å². The normalized spacial score (nSPS) is 8.95. The molecule has 0 fully saturated rings. The molecule has 5 heteroatoms. The molecule has 0 amide bonds. The number of benzene rings is 2. The lowest BCUT2D eigenvalue weighted by Crippen LogP contribution is -2.00. The lowest BCUT2D eigenvalue weighted by Gasteiger charge is -1.97. The Morgan fingerprint density at radius 2 is 1.74 bits per heavy atom. The van der Waals surface area contributed by atoms with Crippen LogP contribution in [0.4, 0.5) is 11.4 Å². The van der Waals surface area contributed by atoms with Crippen molar-refractivity contribution in [3.8, 4) is 0 Å². The van der Waals surface area contributed by atoms with Gasteiger partial charge >= 0.3 is 5.97 Å². The van der Waals surface area contributed by atoms with Crippen molar-refractivity contribution in [2.24, 2.45) is 0 Å². The van der Waals surface area contributed by atoms with Gasteiger partial charge in [0.15, 0.2) is 0 Å². The van der Waals surface area contributed by atoms with Gasteiger partial charge in [-0.25, -0.2) is 4.79 Å². The van der Waals surface area contributed by atoms with Crippen molar-refractivity contribution in [3.05, 3.63) is 60.2 Å². The minimum atomic E-state index is -0.343. The average molecular weight is 264 g/mol. The molecule has 5 nitrogen and oxygen atoms in total. The van der Waals surface area contributed by atoms with Crippen LogP contribution in [0.25, 0.3) is 0 Å². The number of methoxy groups -OCH3 is 1. The number of rotatable bonds is 2. The number of nitrogens with one attached hydrogen (secondary N) is 1. The lowest BCUT2D eigenvalue weighted by atomic mass is 10.2. The first kappa shape index (κ1) is 14.5. The number of nitrogens with two attached hydrogens (primary N) is 1. The number of esters is 1. The third kappa shape index (κ3) is 5.10. The maximum atomic E-state index is 10.9. The number of hydrogen-bond acceptors (Lipinski definition) is 5. The summed E-state index contributed by atoms with van der Waals surface area (Å²) in [5, 5.41) is 8.29. The first-order chi connectivity index (χ1) is 9.17. The Balaban J connectivity index is 0. The van der Waals surface area contributed by atoms with E-state index in [0.29, 0.717) is 16.9 Å². The number of ether oxygens (including phenoxy) is 1. The molecule has 2 aromatic rings. The van der Waals surface area contributed by atoms with Gasteiger partial charge in [0.1, 0.15) is 0 Å². The van der Waals surface area contributed by atoms with E-state index in [2.05, 4.69) is 4.74 Å². The van der Waals surface area contributed by atoms with Gasteiger partial charge in [0.2, 0.25) is 0 Å². The maximum absolute atomic E-state index is 10.9. The highest BCUT2D eigenvalue weighted by molar-refractivity contribution is 5.89. The lowest BCUT2D eigenvalue weighted by molar-refractivity contribution is 0.0601. The van der Waals surface area contributed by atoms with Crippen LogP contribution in [0.5, 0.6) is 0 Å². The van der Waals surface area contributed by atoms with Crippen molar-refractivity contribution in [1.82, 2.24) is 0 Å². The summed E-state index contributed by atoms with van der Waals surface area (Å²) in [5.41, 5.74) is 9.31. The number of hydrogen-bond donors (Lipinski definition) is 3. The quantitative estimate of drug-likeness (QED) is 0.441. The van der Waals surface area contributed by atoms with E-state index in [1.807, 2.05) is 23.7 Å². The molecule has 2 aromatic carbocycles. The van der Waals surface area contributed by atoms with Gasteiger partial charge in [0, 0.05) is 8.54 Å². The van der Waals surface area contributed by atoms with Crippen molar-refractivity contribution in [1.29, 1.82) is 0 Å². The molecule has 0 heterocycles. The molecule has 19 heavy (non-hydrogen) atoms. The Morgan fingerprint density at radius 1 is 1.16 bits per heavy atom. The molecule has 0 saturated heterocycles. The van der Waals surface area contributed by atoms with Crippen molar-refractivity contribution in [2.45, 2.75) is 0 Å². The molecule has 0 aromatic heterocycles. The highest BCUT2D eigenvalue weighted by Crippen LogP contribution is 2.05. The summed E-state index contributed by atoms with van der Waals surface area (Å²) in [6.45, 7) is 0. The molecule has 0 aliphatic rings. The summed E-state index contributed by atoms with van der Waals surface area (Å²) in [4.78, 5) is 10.9. The molecule has 104 valence electrons. The van der Waals surface area contributed by atoms with Crippen molar-refractivity contribution in [2.75, 3.05) is 18.3 Å². The second-order valence-electron chi connectivity index (χ2n) is 3.59. The van der Waals surface area contributed by atoms with Crippen molar-refractivity contribution in [3.63, 3.8) is 0 Å². The van der Waals surface area contributed by atoms with Gasteiger partial charge in [-0.2, -0.15) is 0 Å². The summed E-state index contributed by atoms with van der Waals surface area (Å²) in [6, 6.07) is 15.7. The van der Waals surface area contributed by atoms with Crippen molar-refractivity contribution >= 4 is 17.3 Å². The molecule has 0 unspecified atom stereocenters. The zero-order chi connectivity index (χ0) is 14.1. The van der Waals surface area contributed by atoms with Gasteiger partial charge < -0.3 is 10.5 Å². The predicted molar refractivity (Wildman–Crippen MR) is 78.3 cm³/mol. The van der Waals surface area contributed by atoms with Gasteiger partial charge in [-0.1, -0.05) is 18.2 Å². The fraction of sp³-hybridized carbons (Fsp3) is 0.0714. The molecule has 0 bridgehead atoms. The van der Waals surface area contributed by atoms with Crippen LogP contribution in [0.2, 0.25) is 0 Å². The van der Waals surface area contributed by atoms with E-state index in [0.717, 1.165) is 0 Å². The molecule has 4 N–H and O–H groups in total. The fourth-order valence-corrected chi connectivity index (χ4v) is 1.25. The topological polar surface area (TPSA) is 84.6 Å². The number of carbonyl (C=O) groups excluding carboxylic acids is 1. The highest BCUT2D eigenvalue weighted by Gasteiger charge is 2.02. The monoisotopic (exact) mass is 264 g/mol. The summed E-state index contributed by atoms with van der Waals surface area (Å²) < 4.78 is 4.50. The number of carbonyl (C=O) groups is 1. The zero-order valence-electron chi connectivity index (χ0n) is 10.5. The van der Waals surface area contributed by atoms with Gasteiger partial charge in [-0.15, -0.1) is 0 Å². The van der Waals surface area contributed by atoms with Crippen LogP contribution in [0, 0.1) is 0 Å². The highest BCUT2D eigenvalue weighted by atomic mass is 16.5. The van der Waals surface area contributed by atoms with E-state index in [1.54, 1.807) is 36.4 Å². The third-order valence-electron chi connectivity index (χ3n) is 2.23. The molecule has 0 saturated carbocycles. The number of anilines is 2. The SMILES string of the molecule is COC(=O)c1ccc(N)cc1.ONc1ccccc1.[HH].[HH]. The molecular weight excluding hydrogens is 244 g/mol. The molecule has 0 radical (unpaired) electrons. The minimum absolute atomic E-state index is 0. The molecule has 2 rings (SSSR count). The Kier molecular flexibility index (Phi) is 5.91. The molecule has 0 aliphatic carbocycles. The standard InChI is InChI=1S/C8H9NO2.C6H7NO.2H2/c1-11-8(10)6-2-4-7(9)5-3-6;8-7-6-4-2-1-3-5-6;;/h2-5H,9H2,1H3;1-5,7-8H;2*1H. The summed E-state index contributed by atoms with van der Waals surface area (Å²) in [5.74, 6) is -0.343. The largest absolute Gasteiger partial charge is 0.465 e. The predicted octanol–water partition coefficient (Wildman–Crippen LogP) is 3.04.